The SMILES string of the molecule is [2H]C([2H])(CC1CCN(C(=O)OC(C)(C)C)C(c2ccccc2)C1)OS(=O)(=O)c1ccc(C)cc1. The largest absolute Gasteiger partial charge is 0.444 e. The quantitative estimate of drug-likeness (QED) is 0.533. The van der Waals surface area contributed by atoms with Crippen LogP contribution < -0.4 is 0 Å². The highest BCUT2D eigenvalue weighted by Gasteiger charge is 2.35. The lowest BCUT2D eigenvalue weighted by Gasteiger charge is -2.40. The van der Waals surface area contributed by atoms with Crippen molar-refractivity contribution in [2.24, 2.45) is 5.92 Å². The van der Waals surface area contributed by atoms with Gasteiger partial charge in [0, 0.05) is 6.54 Å². The van der Waals surface area contributed by atoms with Crippen molar-refractivity contribution < 1.29 is 24.9 Å². The fraction of sp³-hybridized carbons (Fsp3) is 0.480. The molecular formula is C25H33NO5S. The van der Waals surface area contributed by atoms with E-state index in [4.69, 9.17) is 11.7 Å². The normalized spacial score (nSPS) is 20.9. The summed E-state index contributed by atoms with van der Waals surface area (Å²) >= 11 is 0. The van der Waals surface area contributed by atoms with Crippen molar-refractivity contribution in [2.45, 2.75) is 63.5 Å². The van der Waals surface area contributed by atoms with E-state index in [1.54, 1.807) is 17.0 Å². The Morgan fingerprint density at radius 3 is 2.41 bits per heavy atom. The van der Waals surface area contributed by atoms with Gasteiger partial charge in [-0.15, -0.1) is 0 Å². The van der Waals surface area contributed by atoms with Crippen LogP contribution in [0, 0.1) is 12.8 Å². The van der Waals surface area contributed by atoms with Gasteiger partial charge in [0.25, 0.3) is 10.1 Å². The second-order valence-electron chi connectivity index (χ2n) is 9.19. The summed E-state index contributed by atoms with van der Waals surface area (Å²) in [6.07, 6.45) is 0.456. The van der Waals surface area contributed by atoms with Crippen LogP contribution in [-0.2, 0) is 19.0 Å². The number of hydrogen-bond donors (Lipinski definition) is 0. The van der Waals surface area contributed by atoms with E-state index in [1.165, 1.54) is 12.1 Å². The van der Waals surface area contributed by atoms with Crippen LogP contribution >= 0.6 is 0 Å². The third-order valence-corrected chi connectivity index (χ3v) is 6.56. The van der Waals surface area contributed by atoms with E-state index in [1.807, 2.05) is 58.0 Å². The molecule has 2 unspecified atom stereocenters. The Morgan fingerprint density at radius 1 is 1.12 bits per heavy atom. The topological polar surface area (TPSA) is 72.9 Å². The van der Waals surface area contributed by atoms with E-state index in [0.717, 1.165) is 11.1 Å². The summed E-state index contributed by atoms with van der Waals surface area (Å²) in [6.45, 7) is 5.27. The average Bonchev–Trinajstić information content (AvgIpc) is 2.72. The summed E-state index contributed by atoms with van der Waals surface area (Å²) in [5.74, 6) is -0.188. The Hall–Kier alpha value is -2.38. The van der Waals surface area contributed by atoms with Crippen molar-refractivity contribution in [2.75, 3.05) is 13.1 Å². The van der Waals surface area contributed by atoms with Gasteiger partial charge in [-0.05, 0) is 70.6 Å². The lowest BCUT2D eigenvalue weighted by molar-refractivity contribution is 0.00312. The zero-order valence-electron chi connectivity index (χ0n) is 21.1. The molecule has 0 radical (unpaired) electrons. The summed E-state index contributed by atoms with van der Waals surface area (Å²) in [6, 6.07) is 15.3. The minimum absolute atomic E-state index is 0.0797. The molecule has 2 aromatic rings. The maximum absolute atomic E-state index is 12.9. The molecule has 1 saturated heterocycles. The second-order valence-corrected chi connectivity index (χ2v) is 10.7. The molecule has 0 bridgehead atoms. The van der Waals surface area contributed by atoms with E-state index in [2.05, 4.69) is 0 Å². The Balaban J connectivity index is 1.75. The first kappa shape index (κ1) is 21.5. The summed E-state index contributed by atoms with van der Waals surface area (Å²) in [5, 5.41) is 0. The van der Waals surface area contributed by atoms with Gasteiger partial charge in [-0.2, -0.15) is 8.42 Å². The molecule has 32 heavy (non-hydrogen) atoms. The van der Waals surface area contributed by atoms with Gasteiger partial charge < -0.3 is 9.64 Å². The zero-order chi connectivity index (χ0) is 25.1. The summed E-state index contributed by atoms with van der Waals surface area (Å²) in [5.41, 5.74) is 1.18. The van der Waals surface area contributed by atoms with Gasteiger partial charge in [0.2, 0.25) is 0 Å². The van der Waals surface area contributed by atoms with Crippen LogP contribution in [0.4, 0.5) is 4.79 Å². The minimum atomic E-state index is -4.26. The highest BCUT2D eigenvalue weighted by atomic mass is 32.2. The summed E-state index contributed by atoms with van der Waals surface area (Å²) in [7, 11) is -4.26. The standard InChI is InChI=1S/C25H33NO5S/c1-19-10-12-22(13-11-19)32(28,29)30-17-15-20-14-16-26(24(27)31-25(2,3)4)23(18-20)21-8-6-5-7-9-21/h5-13,20,23H,14-18H2,1-4H3/i17D2. The Kier molecular flexibility index (Phi) is 6.74. The van der Waals surface area contributed by atoms with Gasteiger partial charge >= 0.3 is 6.09 Å². The van der Waals surface area contributed by atoms with Gasteiger partial charge in [-0.1, -0.05) is 48.0 Å². The maximum Gasteiger partial charge on any atom is 0.410 e. The molecule has 0 saturated carbocycles. The van der Waals surface area contributed by atoms with Crippen LogP contribution in [0.15, 0.2) is 59.5 Å². The monoisotopic (exact) mass is 461 g/mol. The smallest absolute Gasteiger partial charge is 0.410 e. The molecular weight excluding hydrogens is 426 g/mol. The molecule has 1 aliphatic rings. The number of rotatable bonds is 6. The molecule has 6 nitrogen and oxygen atoms in total. The first-order valence-electron chi connectivity index (χ1n) is 11.8. The molecule has 0 aromatic heterocycles. The van der Waals surface area contributed by atoms with Crippen LogP contribution in [0.3, 0.4) is 0 Å². The van der Waals surface area contributed by atoms with E-state index >= 15 is 0 Å². The van der Waals surface area contributed by atoms with Gasteiger partial charge in [-0.3, -0.25) is 4.18 Å². The Labute approximate surface area is 194 Å². The van der Waals surface area contributed by atoms with E-state index in [9.17, 15) is 13.2 Å². The molecule has 1 fully saturated rings. The maximum atomic E-state index is 12.9. The molecule has 3 rings (SSSR count). The van der Waals surface area contributed by atoms with Crippen molar-refractivity contribution >= 4 is 16.2 Å². The fourth-order valence-electron chi connectivity index (χ4n) is 3.74. The van der Waals surface area contributed by atoms with Gasteiger partial charge in [0.15, 0.2) is 0 Å². The number of amides is 1. The van der Waals surface area contributed by atoms with Gasteiger partial charge in [0.05, 0.1) is 20.2 Å². The number of hydrogen-bond acceptors (Lipinski definition) is 5. The fourth-order valence-corrected chi connectivity index (χ4v) is 4.53. The van der Waals surface area contributed by atoms with Gasteiger partial charge in [-0.25, -0.2) is 4.79 Å². The van der Waals surface area contributed by atoms with Crippen molar-refractivity contribution in [1.82, 2.24) is 4.90 Å². The average molecular weight is 462 g/mol. The summed E-state index contributed by atoms with van der Waals surface area (Å²) in [4.78, 5) is 14.5. The third-order valence-electron chi connectivity index (χ3n) is 5.37. The second kappa shape index (κ2) is 10.0. The van der Waals surface area contributed by atoms with Crippen LogP contribution in [0.25, 0.3) is 0 Å². The highest BCUT2D eigenvalue weighted by molar-refractivity contribution is 7.86. The first-order valence-corrected chi connectivity index (χ1v) is 12.2. The first-order chi connectivity index (χ1) is 15.8. The number of benzene rings is 2. The molecule has 7 heteroatoms. The third kappa shape index (κ3) is 6.56. The van der Waals surface area contributed by atoms with Crippen LogP contribution in [0.2, 0.25) is 0 Å². The van der Waals surface area contributed by atoms with Crippen LogP contribution in [-0.4, -0.2) is 38.1 Å². The van der Waals surface area contributed by atoms with Gasteiger partial charge in [0.1, 0.15) is 5.60 Å². The molecule has 1 amide bonds. The highest BCUT2D eigenvalue weighted by Crippen LogP contribution is 2.36. The lowest BCUT2D eigenvalue weighted by Crippen LogP contribution is -2.44. The predicted octanol–water partition coefficient (Wildman–Crippen LogP) is 5.48. The zero-order valence-corrected chi connectivity index (χ0v) is 19.9. The van der Waals surface area contributed by atoms with E-state index < -0.39 is 28.4 Å². The number of piperidine rings is 1. The molecule has 2 aromatic carbocycles. The number of likely N-dealkylation sites (tertiary alicyclic amines) is 1. The van der Waals surface area contributed by atoms with E-state index in [0.29, 0.717) is 19.4 Å². The molecule has 0 aliphatic carbocycles. The molecule has 0 N–H and O–H groups in total. The Morgan fingerprint density at radius 2 is 1.78 bits per heavy atom. The van der Waals surface area contributed by atoms with Crippen molar-refractivity contribution in [3.05, 3.63) is 65.7 Å². The molecule has 2 atom stereocenters. The van der Waals surface area contributed by atoms with Crippen LogP contribution in [0.5, 0.6) is 0 Å². The molecule has 1 heterocycles. The molecule has 0 spiro atoms. The number of carbonyl (C=O) groups is 1. The Bertz CT molecular complexity index is 1080. The van der Waals surface area contributed by atoms with Crippen LogP contribution in [0.1, 0.15) is 59.9 Å². The number of ether oxygens (including phenoxy) is 1. The number of carbonyl (C=O) groups excluding carboxylic acids is 1. The van der Waals surface area contributed by atoms with Crippen molar-refractivity contribution in [1.29, 1.82) is 0 Å². The van der Waals surface area contributed by atoms with Crippen molar-refractivity contribution in [3.8, 4) is 0 Å². The number of nitrogens with zero attached hydrogens (tertiary/aromatic N) is 1. The van der Waals surface area contributed by atoms with Crippen molar-refractivity contribution in [3.63, 3.8) is 0 Å². The number of aryl methyl sites for hydroxylation is 1. The summed E-state index contributed by atoms with van der Waals surface area (Å²) < 4.78 is 52.5. The molecule has 174 valence electrons. The lowest BCUT2D eigenvalue weighted by atomic mass is 9.85. The minimum Gasteiger partial charge on any atom is -0.444 e. The van der Waals surface area contributed by atoms with E-state index in [-0.39, 0.29) is 23.3 Å². The predicted molar refractivity (Wildman–Crippen MR) is 124 cm³/mol. The molecule has 1 aliphatic heterocycles.